The van der Waals surface area contributed by atoms with E-state index >= 15 is 0 Å². The second-order valence-corrected chi connectivity index (χ2v) is 6.99. The summed E-state index contributed by atoms with van der Waals surface area (Å²) < 4.78 is 6.82. The molecule has 1 amide bonds. The first kappa shape index (κ1) is 19.8. The molecular formula is C18H23N3O4S. The van der Waals surface area contributed by atoms with Gasteiger partial charge in [0.05, 0.1) is 6.20 Å². The second-order valence-electron chi connectivity index (χ2n) is 5.77. The highest BCUT2D eigenvalue weighted by molar-refractivity contribution is 7.99. The molecule has 7 nitrogen and oxygen atoms in total. The van der Waals surface area contributed by atoms with E-state index in [-0.39, 0.29) is 6.61 Å². The van der Waals surface area contributed by atoms with Crippen molar-refractivity contribution in [3.63, 3.8) is 0 Å². The summed E-state index contributed by atoms with van der Waals surface area (Å²) >= 11 is 1.65. The number of carbonyl (C=O) groups excluding carboxylic acids is 1. The fourth-order valence-corrected chi connectivity index (χ4v) is 3.25. The van der Waals surface area contributed by atoms with E-state index in [1.807, 2.05) is 49.8 Å². The van der Waals surface area contributed by atoms with Crippen LogP contribution in [0.1, 0.15) is 17.5 Å². The molecule has 8 heteroatoms. The summed E-state index contributed by atoms with van der Waals surface area (Å²) in [5, 5.41) is 15.8. The van der Waals surface area contributed by atoms with Gasteiger partial charge in [-0.3, -0.25) is 4.68 Å². The fourth-order valence-electron chi connectivity index (χ4n) is 2.26. The Bertz CT molecular complexity index is 705. The monoisotopic (exact) mass is 377 g/mol. The molecule has 0 saturated carbocycles. The topological polar surface area (TPSA) is 93.5 Å². The first-order valence-electron chi connectivity index (χ1n) is 8.30. The van der Waals surface area contributed by atoms with Gasteiger partial charge in [-0.1, -0.05) is 30.3 Å². The summed E-state index contributed by atoms with van der Waals surface area (Å²) in [5.41, 5.74) is 2.00. The SMILES string of the molecule is Cn1cc(CCSCCC(NC(=O)OCc2ccccc2)C(=O)O)cn1. The van der Waals surface area contributed by atoms with Crippen LogP contribution in [0.25, 0.3) is 0 Å². The molecule has 0 aliphatic rings. The Morgan fingerprint density at radius 1 is 1.27 bits per heavy atom. The van der Waals surface area contributed by atoms with E-state index in [1.54, 1.807) is 16.4 Å². The summed E-state index contributed by atoms with van der Waals surface area (Å²) in [6, 6.07) is 8.28. The van der Waals surface area contributed by atoms with Crippen molar-refractivity contribution in [1.82, 2.24) is 15.1 Å². The van der Waals surface area contributed by atoms with Gasteiger partial charge in [0.2, 0.25) is 0 Å². The van der Waals surface area contributed by atoms with E-state index in [1.165, 1.54) is 0 Å². The first-order valence-corrected chi connectivity index (χ1v) is 9.45. The van der Waals surface area contributed by atoms with Gasteiger partial charge in [-0.2, -0.15) is 16.9 Å². The lowest BCUT2D eigenvalue weighted by molar-refractivity contribution is -0.139. The maximum atomic E-state index is 11.8. The average Bonchev–Trinajstić information content (AvgIpc) is 3.04. The van der Waals surface area contributed by atoms with Crippen molar-refractivity contribution in [3.05, 3.63) is 53.9 Å². The highest BCUT2D eigenvalue weighted by atomic mass is 32.2. The molecule has 0 radical (unpaired) electrons. The summed E-state index contributed by atoms with van der Waals surface area (Å²) in [5.74, 6) is 0.446. The molecule has 1 heterocycles. The molecule has 0 aliphatic heterocycles. The molecular weight excluding hydrogens is 354 g/mol. The Balaban J connectivity index is 1.65. The fraction of sp³-hybridized carbons (Fsp3) is 0.389. The summed E-state index contributed by atoms with van der Waals surface area (Å²) in [6.07, 6.45) is 4.29. The second kappa shape index (κ2) is 10.5. The standard InChI is InChI=1S/C18H23N3O4S/c1-21-12-15(11-19-21)7-9-26-10-8-16(17(22)23)20-18(24)25-13-14-5-3-2-4-6-14/h2-6,11-12,16H,7-10,13H2,1H3,(H,20,24)(H,22,23). The van der Waals surface area contributed by atoms with Gasteiger partial charge < -0.3 is 15.2 Å². The van der Waals surface area contributed by atoms with E-state index in [0.717, 1.165) is 23.3 Å². The molecule has 1 aromatic carbocycles. The summed E-state index contributed by atoms with van der Waals surface area (Å²) in [7, 11) is 1.87. The smallest absolute Gasteiger partial charge is 0.408 e. The molecule has 0 saturated heterocycles. The lowest BCUT2D eigenvalue weighted by Gasteiger charge is -2.14. The minimum atomic E-state index is -1.06. The minimum absolute atomic E-state index is 0.110. The molecule has 140 valence electrons. The number of hydrogen-bond acceptors (Lipinski definition) is 5. The molecule has 2 N–H and O–H groups in total. The van der Waals surface area contributed by atoms with Crippen LogP contribution in [0, 0.1) is 0 Å². The van der Waals surface area contributed by atoms with Crippen LogP contribution < -0.4 is 5.32 Å². The normalized spacial score (nSPS) is 11.7. The number of aromatic nitrogens is 2. The van der Waals surface area contributed by atoms with Crippen LogP contribution in [0.3, 0.4) is 0 Å². The van der Waals surface area contributed by atoms with Gasteiger partial charge in [-0.25, -0.2) is 9.59 Å². The Morgan fingerprint density at radius 3 is 2.69 bits per heavy atom. The third-order valence-electron chi connectivity index (χ3n) is 3.65. The van der Waals surface area contributed by atoms with Crippen molar-refractivity contribution in [1.29, 1.82) is 0 Å². The predicted molar refractivity (Wildman–Crippen MR) is 100 cm³/mol. The number of amides is 1. The van der Waals surface area contributed by atoms with Crippen LogP contribution >= 0.6 is 11.8 Å². The quantitative estimate of drug-likeness (QED) is 0.618. The third kappa shape index (κ3) is 7.18. The highest BCUT2D eigenvalue weighted by Gasteiger charge is 2.20. The Morgan fingerprint density at radius 2 is 2.04 bits per heavy atom. The Labute approximate surface area is 156 Å². The lowest BCUT2D eigenvalue weighted by Crippen LogP contribution is -2.41. The lowest BCUT2D eigenvalue weighted by atomic mass is 10.2. The van der Waals surface area contributed by atoms with Gasteiger partial charge >= 0.3 is 12.1 Å². The van der Waals surface area contributed by atoms with Gasteiger partial charge in [0, 0.05) is 13.2 Å². The predicted octanol–water partition coefficient (Wildman–Crippen LogP) is 2.47. The summed E-state index contributed by atoms with van der Waals surface area (Å²) in [6.45, 7) is 0.110. The number of nitrogens with one attached hydrogen (secondary N) is 1. The van der Waals surface area contributed by atoms with Crippen molar-refractivity contribution in [2.24, 2.45) is 7.05 Å². The zero-order valence-electron chi connectivity index (χ0n) is 14.6. The molecule has 0 spiro atoms. The molecule has 2 rings (SSSR count). The van der Waals surface area contributed by atoms with E-state index in [0.29, 0.717) is 12.2 Å². The van der Waals surface area contributed by atoms with Crippen LogP contribution in [-0.2, 0) is 29.6 Å². The molecule has 1 aromatic heterocycles. The van der Waals surface area contributed by atoms with Crippen LogP contribution in [0.4, 0.5) is 4.79 Å². The van der Waals surface area contributed by atoms with Crippen molar-refractivity contribution in [3.8, 4) is 0 Å². The number of aliphatic carboxylic acids is 1. The van der Waals surface area contributed by atoms with Crippen molar-refractivity contribution >= 4 is 23.8 Å². The average molecular weight is 377 g/mol. The summed E-state index contributed by atoms with van der Waals surface area (Å²) in [4.78, 5) is 23.1. The number of hydrogen-bond donors (Lipinski definition) is 2. The van der Waals surface area contributed by atoms with Crippen molar-refractivity contribution < 1.29 is 19.4 Å². The van der Waals surface area contributed by atoms with E-state index in [2.05, 4.69) is 10.4 Å². The zero-order chi connectivity index (χ0) is 18.8. The number of rotatable bonds is 10. The van der Waals surface area contributed by atoms with Crippen LogP contribution in [0.15, 0.2) is 42.7 Å². The zero-order valence-corrected chi connectivity index (χ0v) is 15.4. The van der Waals surface area contributed by atoms with E-state index < -0.39 is 18.1 Å². The molecule has 0 bridgehead atoms. The Kier molecular flexibility index (Phi) is 8.01. The van der Waals surface area contributed by atoms with E-state index in [9.17, 15) is 14.7 Å². The number of ether oxygens (including phenoxy) is 1. The van der Waals surface area contributed by atoms with Gasteiger partial charge in [0.1, 0.15) is 12.6 Å². The molecule has 0 aliphatic carbocycles. The molecule has 0 fully saturated rings. The number of carbonyl (C=O) groups is 2. The number of thioether (sulfide) groups is 1. The minimum Gasteiger partial charge on any atom is -0.480 e. The van der Waals surface area contributed by atoms with Crippen LogP contribution in [0.2, 0.25) is 0 Å². The molecule has 2 aromatic rings. The van der Waals surface area contributed by atoms with Gasteiger partial charge in [-0.05, 0) is 35.5 Å². The maximum absolute atomic E-state index is 11.8. The van der Waals surface area contributed by atoms with Gasteiger partial charge in [0.25, 0.3) is 0 Å². The van der Waals surface area contributed by atoms with Crippen LogP contribution in [-0.4, -0.2) is 44.5 Å². The number of benzene rings is 1. The van der Waals surface area contributed by atoms with Gasteiger partial charge in [-0.15, -0.1) is 0 Å². The third-order valence-corrected chi connectivity index (χ3v) is 4.66. The molecule has 1 unspecified atom stereocenters. The largest absolute Gasteiger partial charge is 0.480 e. The number of carboxylic acids is 1. The Hall–Kier alpha value is -2.48. The molecule has 1 atom stereocenters. The number of carboxylic acid groups (broad SMARTS) is 1. The first-order chi connectivity index (χ1) is 12.5. The van der Waals surface area contributed by atoms with Crippen LogP contribution in [0.5, 0.6) is 0 Å². The number of alkyl carbamates (subject to hydrolysis) is 1. The number of nitrogens with zero attached hydrogens (tertiary/aromatic N) is 2. The molecule has 26 heavy (non-hydrogen) atoms. The highest BCUT2D eigenvalue weighted by Crippen LogP contribution is 2.09. The van der Waals surface area contributed by atoms with Crippen molar-refractivity contribution in [2.75, 3.05) is 11.5 Å². The van der Waals surface area contributed by atoms with E-state index in [4.69, 9.17) is 4.74 Å². The maximum Gasteiger partial charge on any atom is 0.408 e. The van der Waals surface area contributed by atoms with Gasteiger partial charge in [0.15, 0.2) is 0 Å². The number of aryl methyl sites for hydroxylation is 2. The van der Waals surface area contributed by atoms with Crippen molar-refractivity contribution in [2.45, 2.75) is 25.5 Å².